The second kappa shape index (κ2) is 6.34. The van der Waals surface area contributed by atoms with Crippen LogP contribution in [0.3, 0.4) is 0 Å². The van der Waals surface area contributed by atoms with Crippen molar-refractivity contribution in [2.45, 2.75) is 12.5 Å². The van der Waals surface area contributed by atoms with Crippen LogP contribution < -0.4 is 10.6 Å². The maximum Gasteiger partial charge on any atom is 0.326 e. The highest BCUT2D eigenvalue weighted by molar-refractivity contribution is 5.93. The highest BCUT2D eigenvalue weighted by Crippen LogP contribution is 2.08. The summed E-state index contributed by atoms with van der Waals surface area (Å²) in [6.45, 7) is 0. The quantitative estimate of drug-likeness (QED) is 0.633. The van der Waals surface area contributed by atoms with Gasteiger partial charge in [0.1, 0.15) is 11.9 Å². The van der Waals surface area contributed by atoms with Crippen LogP contribution in [0.4, 0.5) is 14.9 Å². The molecule has 0 spiro atoms. The van der Waals surface area contributed by atoms with Gasteiger partial charge in [0.05, 0.1) is 6.42 Å². The van der Waals surface area contributed by atoms with Crippen molar-refractivity contribution in [3.05, 3.63) is 30.1 Å². The summed E-state index contributed by atoms with van der Waals surface area (Å²) in [5.74, 6) is -3.30. The van der Waals surface area contributed by atoms with Crippen molar-refractivity contribution < 1.29 is 29.0 Å². The summed E-state index contributed by atoms with van der Waals surface area (Å²) >= 11 is 0. The normalized spacial score (nSPS) is 11.4. The first kappa shape index (κ1) is 14.4. The maximum absolute atomic E-state index is 12.6. The lowest BCUT2D eigenvalue weighted by atomic mass is 10.2. The lowest BCUT2D eigenvalue weighted by Crippen LogP contribution is -2.44. The van der Waals surface area contributed by atoms with Gasteiger partial charge in [-0.1, -0.05) is 0 Å². The molecule has 0 radical (unpaired) electrons. The molecule has 0 saturated carbocycles. The van der Waals surface area contributed by atoms with E-state index in [0.717, 1.165) is 12.1 Å². The summed E-state index contributed by atoms with van der Waals surface area (Å²) < 4.78 is 12.6. The van der Waals surface area contributed by atoms with E-state index in [-0.39, 0.29) is 5.69 Å². The average molecular weight is 270 g/mol. The van der Waals surface area contributed by atoms with E-state index in [9.17, 15) is 18.8 Å². The summed E-state index contributed by atoms with van der Waals surface area (Å²) in [4.78, 5) is 32.5. The Hall–Kier alpha value is -2.64. The Labute approximate surface area is 107 Å². The third kappa shape index (κ3) is 5.02. The zero-order chi connectivity index (χ0) is 14.4. The Bertz CT molecular complexity index is 488. The Morgan fingerprint density at radius 3 is 2.21 bits per heavy atom. The number of carbonyl (C=O) groups is 3. The third-order valence-electron chi connectivity index (χ3n) is 2.08. The molecule has 0 aliphatic carbocycles. The standard InChI is InChI=1S/C11H11FN2O5/c12-6-1-3-7(4-2-6)13-11(19)14-8(10(17)18)5-9(15)16/h1-4,8H,5H2,(H,15,16)(H,17,18)(H2,13,14,19)/t8-/m1/s1. The van der Waals surface area contributed by atoms with Crippen LogP contribution in [0.1, 0.15) is 6.42 Å². The molecule has 1 atom stereocenters. The van der Waals surface area contributed by atoms with Crippen molar-refractivity contribution in [3.63, 3.8) is 0 Å². The largest absolute Gasteiger partial charge is 0.481 e. The van der Waals surface area contributed by atoms with Crippen molar-refractivity contribution in [1.29, 1.82) is 0 Å². The number of anilines is 1. The van der Waals surface area contributed by atoms with Crippen LogP contribution in [0.25, 0.3) is 0 Å². The van der Waals surface area contributed by atoms with Crippen molar-refractivity contribution >= 4 is 23.7 Å². The predicted molar refractivity (Wildman–Crippen MR) is 62.2 cm³/mol. The minimum absolute atomic E-state index is 0.248. The van der Waals surface area contributed by atoms with Gasteiger partial charge in [0, 0.05) is 5.69 Å². The van der Waals surface area contributed by atoms with Gasteiger partial charge in [0.25, 0.3) is 0 Å². The van der Waals surface area contributed by atoms with Crippen LogP contribution in [-0.2, 0) is 9.59 Å². The summed E-state index contributed by atoms with van der Waals surface area (Å²) in [6, 6.07) is 2.35. The Morgan fingerprint density at radius 2 is 1.74 bits per heavy atom. The molecule has 4 N–H and O–H groups in total. The van der Waals surface area contributed by atoms with E-state index < -0.39 is 36.2 Å². The Morgan fingerprint density at radius 1 is 1.16 bits per heavy atom. The number of urea groups is 1. The van der Waals surface area contributed by atoms with E-state index in [0.29, 0.717) is 0 Å². The van der Waals surface area contributed by atoms with Crippen LogP contribution in [0.15, 0.2) is 24.3 Å². The summed E-state index contributed by atoms with van der Waals surface area (Å²) in [6.07, 6.45) is -0.744. The SMILES string of the molecule is O=C(O)C[C@@H](NC(=O)Nc1ccc(F)cc1)C(=O)O. The van der Waals surface area contributed by atoms with Crippen molar-refractivity contribution in [3.8, 4) is 0 Å². The molecule has 0 unspecified atom stereocenters. The van der Waals surface area contributed by atoms with Gasteiger partial charge in [-0.25, -0.2) is 14.0 Å². The Balaban J connectivity index is 2.59. The first-order valence-electron chi connectivity index (χ1n) is 5.16. The van der Waals surface area contributed by atoms with E-state index in [1.54, 1.807) is 0 Å². The molecule has 1 aromatic rings. The summed E-state index contributed by atoms with van der Waals surface area (Å²) in [7, 11) is 0. The fourth-order valence-electron chi connectivity index (χ4n) is 1.23. The molecule has 1 rings (SSSR count). The van der Waals surface area contributed by atoms with Crippen LogP contribution in [0.5, 0.6) is 0 Å². The lowest BCUT2D eigenvalue weighted by molar-refractivity contribution is -0.145. The highest BCUT2D eigenvalue weighted by atomic mass is 19.1. The number of carbonyl (C=O) groups excluding carboxylic acids is 1. The number of carboxylic acid groups (broad SMARTS) is 2. The Kier molecular flexibility index (Phi) is 4.81. The first-order chi connectivity index (χ1) is 8.88. The zero-order valence-electron chi connectivity index (χ0n) is 9.59. The molecule has 0 aliphatic rings. The number of hydrogen-bond acceptors (Lipinski definition) is 3. The van der Waals surface area contributed by atoms with E-state index in [2.05, 4.69) is 5.32 Å². The van der Waals surface area contributed by atoms with Gasteiger partial charge >= 0.3 is 18.0 Å². The number of carboxylic acids is 2. The minimum Gasteiger partial charge on any atom is -0.481 e. The first-order valence-corrected chi connectivity index (χ1v) is 5.16. The molecule has 7 nitrogen and oxygen atoms in total. The number of benzene rings is 1. The van der Waals surface area contributed by atoms with Crippen molar-refractivity contribution in [1.82, 2.24) is 5.32 Å². The average Bonchev–Trinajstić information content (AvgIpc) is 2.30. The summed E-state index contributed by atoms with van der Waals surface area (Å²) in [5, 5.41) is 21.4. The van der Waals surface area contributed by atoms with Gasteiger partial charge < -0.3 is 20.8 Å². The van der Waals surface area contributed by atoms with Gasteiger partial charge in [-0.15, -0.1) is 0 Å². The van der Waals surface area contributed by atoms with Crippen molar-refractivity contribution in [2.75, 3.05) is 5.32 Å². The van der Waals surface area contributed by atoms with Crippen LogP contribution >= 0.6 is 0 Å². The fraction of sp³-hybridized carbons (Fsp3) is 0.182. The van der Waals surface area contributed by atoms with Crippen LogP contribution in [-0.4, -0.2) is 34.2 Å². The van der Waals surface area contributed by atoms with Gasteiger partial charge in [0.15, 0.2) is 0 Å². The monoisotopic (exact) mass is 270 g/mol. The molecule has 0 bridgehead atoms. The van der Waals surface area contributed by atoms with Crippen LogP contribution in [0.2, 0.25) is 0 Å². The molecule has 0 aliphatic heterocycles. The minimum atomic E-state index is -1.54. The molecule has 102 valence electrons. The second-order valence-electron chi connectivity index (χ2n) is 3.59. The van der Waals surface area contributed by atoms with E-state index in [1.807, 2.05) is 5.32 Å². The van der Waals surface area contributed by atoms with Gasteiger partial charge in [-0.3, -0.25) is 4.79 Å². The lowest BCUT2D eigenvalue weighted by Gasteiger charge is -2.13. The maximum atomic E-state index is 12.6. The molecule has 19 heavy (non-hydrogen) atoms. The van der Waals surface area contributed by atoms with Crippen molar-refractivity contribution in [2.24, 2.45) is 0 Å². The fourth-order valence-corrected chi connectivity index (χ4v) is 1.23. The van der Waals surface area contributed by atoms with Gasteiger partial charge in [-0.05, 0) is 24.3 Å². The number of hydrogen-bond donors (Lipinski definition) is 4. The molecule has 0 fully saturated rings. The third-order valence-corrected chi connectivity index (χ3v) is 2.08. The second-order valence-corrected chi connectivity index (χ2v) is 3.59. The van der Waals surface area contributed by atoms with E-state index in [4.69, 9.17) is 10.2 Å². The highest BCUT2D eigenvalue weighted by Gasteiger charge is 2.22. The van der Waals surface area contributed by atoms with Gasteiger partial charge in [-0.2, -0.15) is 0 Å². The topological polar surface area (TPSA) is 116 Å². The zero-order valence-corrected chi connectivity index (χ0v) is 9.59. The molecular formula is C11H11FN2O5. The van der Waals surface area contributed by atoms with E-state index >= 15 is 0 Å². The molecular weight excluding hydrogens is 259 g/mol. The molecule has 0 heterocycles. The number of halogens is 1. The smallest absolute Gasteiger partial charge is 0.326 e. The molecule has 0 aromatic heterocycles. The van der Waals surface area contributed by atoms with Crippen LogP contribution in [0, 0.1) is 5.82 Å². The van der Waals surface area contributed by atoms with E-state index in [1.165, 1.54) is 12.1 Å². The molecule has 8 heteroatoms. The summed E-state index contributed by atoms with van der Waals surface area (Å²) in [5.41, 5.74) is 0.248. The van der Waals surface area contributed by atoms with Gasteiger partial charge in [0.2, 0.25) is 0 Å². The molecule has 1 aromatic carbocycles. The number of rotatable bonds is 5. The molecule has 0 saturated heterocycles. The number of amides is 2. The number of aliphatic carboxylic acids is 2. The molecule has 2 amide bonds. The number of nitrogens with one attached hydrogen (secondary N) is 2. The predicted octanol–water partition coefficient (Wildman–Crippen LogP) is 0.875.